The van der Waals surface area contributed by atoms with Gasteiger partial charge in [0.1, 0.15) is 12.4 Å². The highest BCUT2D eigenvalue weighted by molar-refractivity contribution is 5.94. The quantitative estimate of drug-likeness (QED) is 0.762. The molecule has 1 unspecified atom stereocenters. The Kier molecular flexibility index (Phi) is 6.20. The number of hydrogen-bond acceptors (Lipinski definition) is 4. The molecule has 0 spiro atoms. The number of hydrogen-bond donors (Lipinski definition) is 2. The summed E-state index contributed by atoms with van der Waals surface area (Å²) in [5.74, 6) is -0.482. The molecule has 1 aliphatic rings. The van der Waals surface area contributed by atoms with Crippen molar-refractivity contribution in [3.8, 4) is 5.75 Å². The van der Waals surface area contributed by atoms with Gasteiger partial charge in [-0.2, -0.15) is 0 Å². The van der Waals surface area contributed by atoms with Gasteiger partial charge >= 0.3 is 5.97 Å². The zero-order valence-electron chi connectivity index (χ0n) is 14.2. The third-order valence-electron chi connectivity index (χ3n) is 4.17. The van der Waals surface area contributed by atoms with Crippen LogP contribution in [0.4, 0.5) is 0 Å². The maximum absolute atomic E-state index is 12.2. The Morgan fingerprint density at radius 3 is 2.88 bits per heavy atom. The van der Waals surface area contributed by atoms with E-state index in [4.69, 9.17) is 14.6 Å². The molecule has 6 nitrogen and oxygen atoms in total. The Labute approximate surface area is 142 Å². The summed E-state index contributed by atoms with van der Waals surface area (Å²) in [4.78, 5) is 23.2. The second-order valence-corrected chi connectivity index (χ2v) is 6.67. The number of ether oxygens (including phenoxy) is 2. The zero-order chi connectivity index (χ0) is 17.6. The van der Waals surface area contributed by atoms with Crippen LogP contribution in [-0.4, -0.2) is 42.8 Å². The minimum Gasteiger partial charge on any atom is -0.491 e. The summed E-state index contributed by atoms with van der Waals surface area (Å²) in [6.07, 6.45) is 2.55. The zero-order valence-corrected chi connectivity index (χ0v) is 14.2. The molecule has 1 fully saturated rings. The highest BCUT2D eigenvalue weighted by Gasteiger charge is 2.26. The monoisotopic (exact) mass is 335 g/mol. The van der Waals surface area contributed by atoms with Gasteiger partial charge in [0, 0.05) is 18.7 Å². The van der Waals surface area contributed by atoms with Crippen molar-refractivity contribution in [3.05, 3.63) is 29.8 Å². The predicted molar refractivity (Wildman–Crippen MR) is 89.3 cm³/mol. The molecule has 1 atom stereocenters. The van der Waals surface area contributed by atoms with Crippen molar-refractivity contribution in [2.45, 2.75) is 39.2 Å². The molecule has 1 aromatic carbocycles. The van der Waals surface area contributed by atoms with Gasteiger partial charge in [-0.25, -0.2) is 0 Å². The van der Waals surface area contributed by atoms with Crippen LogP contribution in [0.3, 0.4) is 0 Å². The van der Waals surface area contributed by atoms with Crippen LogP contribution in [0, 0.1) is 5.41 Å². The molecule has 1 saturated heterocycles. The Balaban J connectivity index is 1.83. The maximum atomic E-state index is 12.2. The maximum Gasteiger partial charge on any atom is 0.309 e. The molecule has 0 aromatic heterocycles. The number of nitrogens with one attached hydrogen (secondary N) is 1. The lowest BCUT2D eigenvalue weighted by Gasteiger charge is -2.19. The molecule has 1 aliphatic heterocycles. The van der Waals surface area contributed by atoms with E-state index in [1.165, 1.54) is 0 Å². The van der Waals surface area contributed by atoms with Crippen LogP contribution in [0.2, 0.25) is 0 Å². The average molecular weight is 335 g/mol. The first-order valence-electron chi connectivity index (χ1n) is 8.24. The number of carbonyl (C=O) groups is 2. The first kappa shape index (κ1) is 18.3. The van der Waals surface area contributed by atoms with E-state index in [0.29, 0.717) is 30.9 Å². The van der Waals surface area contributed by atoms with Crippen LogP contribution in [0.5, 0.6) is 5.75 Å². The first-order chi connectivity index (χ1) is 11.4. The predicted octanol–water partition coefficient (Wildman–Crippen LogP) is 2.48. The van der Waals surface area contributed by atoms with E-state index in [1.807, 2.05) is 0 Å². The summed E-state index contributed by atoms with van der Waals surface area (Å²) in [6.45, 7) is 4.85. The highest BCUT2D eigenvalue weighted by atomic mass is 16.5. The van der Waals surface area contributed by atoms with Gasteiger partial charge in [0.05, 0.1) is 11.5 Å². The van der Waals surface area contributed by atoms with Crippen molar-refractivity contribution >= 4 is 11.9 Å². The van der Waals surface area contributed by atoms with Crippen molar-refractivity contribution in [1.82, 2.24) is 5.32 Å². The normalized spacial score (nSPS) is 17.5. The molecule has 0 radical (unpaired) electrons. The van der Waals surface area contributed by atoms with Gasteiger partial charge in [-0.15, -0.1) is 0 Å². The van der Waals surface area contributed by atoms with Gasteiger partial charge in [-0.05, 0) is 51.3 Å². The summed E-state index contributed by atoms with van der Waals surface area (Å²) >= 11 is 0. The Bertz CT molecular complexity index is 579. The second-order valence-electron chi connectivity index (χ2n) is 6.67. The fourth-order valence-corrected chi connectivity index (χ4v) is 2.39. The largest absolute Gasteiger partial charge is 0.491 e. The molecule has 2 rings (SSSR count). The van der Waals surface area contributed by atoms with E-state index in [0.717, 1.165) is 19.4 Å². The average Bonchev–Trinajstić information content (AvgIpc) is 3.06. The van der Waals surface area contributed by atoms with Gasteiger partial charge in [0.2, 0.25) is 0 Å². The second kappa shape index (κ2) is 8.15. The molecule has 24 heavy (non-hydrogen) atoms. The molecule has 132 valence electrons. The summed E-state index contributed by atoms with van der Waals surface area (Å²) < 4.78 is 11.2. The first-order valence-corrected chi connectivity index (χ1v) is 8.24. The Morgan fingerprint density at radius 1 is 1.42 bits per heavy atom. The van der Waals surface area contributed by atoms with Crippen molar-refractivity contribution in [3.63, 3.8) is 0 Å². The molecule has 0 aliphatic carbocycles. The van der Waals surface area contributed by atoms with E-state index >= 15 is 0 Å². The lowest BCUT2D eigenvalue weighted by atomic mass is 9.90. The standard InChI is InChI=1S/C18H25NO5/c1-18(2,17(21)22)8-9-19-16(20)13-5-3-6-14(11-13)24-12-15-7-4-10-23-15/h3,5-6,11,15H,4,7-10,12H2,1-2H3,(H,19,20)(H,21,22). The van der Waals surface area contributed by atoms with Crippen LogP contribution < -0.4 is 10.1 Å². The molecular formula is C18H25NO5. The molecular weight excluding hydrogens is 310 g/mol. The third-order valence-corrected chi connectivity index (χ3v) is 4.17. The summed E-state index contributed by atoms with van der Waals surface area (Å²) in [5, 5.41) is 11.8. The number of rotatable bonds is 8. The van der Waals surface area contributed by atoms with Crippen molar-refractivity contribution < 1.29 is 24.2 Å². The van der Waals surface area contributed by atoms with Crippen molar-refractivity contribution in [2.75, 3.05) is 19.8 Å². The van der Waals surface area contributed by atoms with E-state index in [2.05, 4.69) is 5.32 Å². The molecule has 1 heterocycles. The number of benzene rings is 1. The number of carboxylic acid groups (broad SMARTS) is 1. The SMILES string of the molecule is CC(C)(CCNC(=O)c1cccc(OCC2CCCO2)c1)C(=O)O. The molecule has 1 aromatic rings. The summed E-state index contributed by atoms with van der Waals surface area (Å²) in [5.41, 5.74) is -0.368. The van der Waals surface area contributed by atoms with Gasteiger partial charge in [0.15, 0.2) is 0 Å². The van der Waals surface area contributed by atoms with E-state index < -0.39 is 11.4 Å². The highest BCUT2D eigenvalue weighted by Crippen LogP contribution is 2.20. The van der Waals surface area contributed by atoms with E-state index in [-0.39, 0.29) is 12.0 Å². The number of carbonyl (C=O) groups excluding carboxylic acids is 1. The minimum absolute atomic E-state index is 0.126. The number of aliphatic carboxylic acids is 1. The van der Waals surface area contributed by atoms with Crippen LogP contribution in [0.15, 0.2) is 24.3 Å². The molecule has 0 saturated carbocycles. The van der Waals surface area contributed by atoms with Gasteiger partial charge in [0.25, 0.3) is 5.91 Å². The molecule has 1 amide bonds. The Hall–Kier alpha value is -2.08. The minimum atomic E-state index is -0.874. The van der Waals surface area contributed by atoms with Crippen LogP contribution in [-0.2, 0) is 9.53 Å². The van der Waals surface area contributed by atoms with E-state index in [9.17, 15) is 9.59 Å². The number of amides is 1. The fraction of sp³-hybridized carbons (Fsp3) is 0.556. The summed E-state index contributed by atoms with van der Waals surface area (Å²) in [6, 6.07) is 6.96. The third kappa shape index (κ3) is 5.23. The molecule has 6 heteroatoms. The van der Waals surface area contributed by atoms with Crippen LogP contribution in [0.25, 0.3) is 0 Å². The topological polar surface area (TPSA) is 84.9 Å². The lowest BCUT2D eigenvalue weighted by molar-refractivity contribution is -0.147. The Morgan fingerprint density at radius 2 is 2.21 bits per heavy atom. The smallest absolute Gasteiger partial charge is 0.309 e. The van der Waals surface area contributed by atoms with Crippen LogP contribution in [0.1, 0.15) is 43.5 Å². The fourth-order valence-electron chi connectivity index (χ4n) is 2.39. The lowest BCUT2D eigenvalue weighted by Crippen LogP contribution is -2.31. The van der Waals surface area contributed by atoms with Crippen molar-refractivity contribution in [1.29, 1.82) is 0 Å². The van der Waals surface area contributed by atoms with Gasteiger partial charge in [-0.3, -0.25) is 9.59 Å². The molecule has 2 N–H and O–H groups in total. The van der Waals surface area contributed by atoms with E-state index in [1.54, 1.807) is 38.1 Å². The molecule has 0 bridgehead atoms. The van der Waals surface area contributed by atoms with Gasteiger partial charge < -0.3 is 19.9 Å². The summed E-state index contributed by atoms with van der Waals surface area (Å²) in [7, 11) is 0. The number of carboxylic acids is 1. The van der Waals surface area contributed by atoms with Crippen LogP contribution >= 0.6 is 0 Å². The van der Waals surface area contributed by atoms with Gasteiger partial charge in [-0.1, -0.05) is 6.07 Å². The van der Waals surface area contributed by atoms with Crippen molar-refractivity contribution in [2.24, 2.45) is 5.41 Å².